The normalized spacial score (nSPS) is 17.2. The predicted molar refractivity (Wildman–Crippen MR) is 72.0 cm³/mol. The Morgan fingerprint density at radius 1 is 1.25 bits per heavy atom. The number of sulfonamides is 1. The standard InChI is InChI=1S/C12H15FN2O4S/c1-20(18,19)15-6-4-14(5-7-15)11-3-2-9(13)8-10(11)12(16)17/h2-3,8H,4-7H2,1H3,(H,16,17). The summed E-state index contributed by atoms with van der Waals surface area (Å²) in [5.41, 5.74) is 0.296. The maximum absolute atomic E-state index is 13.1. The first-order valence-corrected chi connectivity index (χ1v) is 7.87. The molecule has 0 radical (unpaired) electrons. The van der Waals surface area contributed by atoms with Gasteiger partial charge in [-0.25, -0.2) is 17.6 Å². The van der Waals surface area contributed by atoms with Crippen molar-refractivity contribution in [2.24, 2.45) is 0 Å². The lowest BCUT2D eigenvalue weighted by atomic mass is 10.1. The number of carboxylic acid groups (broad SMARTS) is 1. The van der Waals surface area contributed by atoms with E-state index in [9.17, 15) is 17.6 Å². The average molecular weight is 302 g/mol. The van der Waals surface area contributed by atoms with Crippen LogP contribution in [0.2, 0.25) is 0 Å². The summed E-state index contributed by atoms with van der Waals surface area (Å²) in [4.78, 5) is 12.9. The fourth-order valence-electron chi connectivity index (χ4n) is 2.22. The van der Waals surface area contributed by atoms with Gasteiger partial charge in [-0.3, -0.25) is 0 Å². The molecule has 1 fully saturated rings. The van der Waals surface area contributed by atoms with E-state index in [0.29, 0.717) is 18.8 Å². The summed E-state index contributed by atoms with van der Waals surface area (Å²) in [6, 6.07) is 3.58. The molecule has 6 nitrogen and oxygen atoms in total. The number of carbonyl (C=O) groups is 1. The lowest BCUT2D eigenvalue weighted by Crippen LogP contribution is -2.48. The quantitative estimate of drug-likeness (QED) is 0.885. The third-order valence-electron chi connectivity index (χ3n) is 3.24. The minimum absolute atomic E-state index is 0.113. The van der Waals surface area contributed by atoms with Crippen LogP contribution in [0.15, 0.2) is 18.2 Å². The minimum Gasteiger partial charge on any atom is -0.478 e. The average Bonchev–Trinajstić information content (AvgIpc) is 2.37. The van der Waals surface area contributed by atoms with E-state index in [1.807, 2.05) is 0 Å². The monoisotopic (exact) mass is 302 g/mol. The van der Waals surface area contributed by atoms with Crippen molar-refractivity contribution < 1.29 is 22.7 Å². The number of rotatable bonds is 3. The number of anilines is 1. The molecule has 110 valence electrons. The van der Waals surface area contributed by atoms with Gasteiger partial charge in [-0.05, 0) is 18.2 Å². The first kappa shape index (κ1) is 14.7. The highest BCUT2D eigenvalue weighted by Crippen LogP contribution is 2.23. The van der Waals surface area contributed by atoms with Crippen LogP contribution in [-0.4, -0.2) is 56.2 Å². The molecule has 1 aliphatic heterocycles. The molecule has 0 unspecified atom stereocenters. The lowest BCUT2D eigenvalue weighted by molar-refractivity contribution is 0.0697. The highest BCUT2D eigenvalue weighted by molar-refractivity contribution is 7.88. The number of hydrogen-bond donors (Lipinski definition) is 1. The summed E-state index contributed by atoms with van der Waals surface area (Å²) in [5, 5.41) is 9.10. The van der Waals surface area contributed by atoms with Crippen molar-refractivity contribution in [1.29, 1.82) is 0 Å². The molecule has 1 heterocycles. The number of aromatic carboxylic acids is 1. The fraction of sp³-hybridized carbons (Fsp3) is 0.417. The summed E-state index contributed by atoms with van der Waals surface area (Å²) in [6.07, 6.45) is 1.14. The molecule has 1 N–H and O–H groups in total. The molecular formula is C12H15FN2O4S. The largest absolute Gasteiger partial charge is 0.478 e. The van der Waals surface area contributed by atoms with E-state index in [2.05, 4.69) is 0 Å². The van der Waals surface area contributed by atoms with Gasteiger partial charge in [0.1, 0.15) is 5.82 Å². The molecule has 1 aromatic carbocycles. The molecule has 0 aliphatic carbocycles. The summed E-state index contributed by atoms with van der Waals surface area (Å²) >= 11 is 0. The Kier molecular flexibility index (Phi) is 3.96. The van der Waals surface area contributed by atoms with E-state index in [1.54, 1.807) is 4.90 Å². The van der Waals surface area contributed by atoms with Gasteiger partial charge in [0.2, 0.25) is 10.0 Å². The topological polar surface area (TPSA) is 77.9 Å². The second kappa shape index (κ2) is 5.37. The Bertz CT molecular complexity index is 624. The van der Waals surface area contributed by atoms with Crippen LogP contribution in [0.1, 0.15) is 10.4 Å². The Morgan fingerprint density at radius 3 is 2.35 bits per heavy atom. The highest BCUT2D eigenvalue weighted by Gasteiger charge is 2.25. The van der Waals surface area contributed by atoms with Gasteiger partial charge in [0, 0.05) is 26.2 Å². The van der Waals surface area contributed by atoms with Crippen LogP contribution in [0, 0.1) is 5.82 Å². The number of carboxylic acids is 1. The van der Waals surface area contributed by atoms with Crippen LogP contribution in [0.4, 0.5) is 10.1 Å². The van der Waals surface area contributed by atoms with Gasteiger partial charge in [0.25, 0.3) is 0 Å². The smallest absolute Gasteiger partial charge is 0.337 e. The van der Waals surface area contributed by atoms with Gasteiger partial charge in [0.15, 0.2) is 0 Å². The molecule has 8 heteroatoms. The SMILES string of the molecule is CS(=O)(=O)N1CCN(c2ccc(F)cc2C(=O)O)CC1. The molecule has 0 spiro atoms. The molecule has 0 amide bonds. The fourth-order valence-corrected chi connectivity index (χ4v) is 3.04. The van der Waals surface area contributed by atoms with Crippen molar-refractivity contribution in [1.82, 2.24) is 4.31 Å². The van der Waals surface area contributed by atoms with Gasteiger partial charge < -0.3 is 10.0 Å². The van der Waals surface area contributed by atoms with Crippen molar-refractivity contribution in [3.8, 4) is 0 Å². The van der Waals surface area contributed by atoms with Gasteiger partial charge in [0.05, 0.1) is 17.5 Å². The maximum atomic E-state index is 13.1. The van der Waals surface area contributed by atoms with E-state index in [-0.39, 0.29) is 18.7 Å². The number of nitrogens with zero attached hydrogens (tertiary/aromatic N) is 2. The summed E-state index contributed by atoms with van der Waals surface area (Å²) in [6.45, 7) is 1.32. The van der Waals surface area contributed by atoms with Crippen LogP contribution >= 0.6 is 0 Å². The zero-order valence-electron chi connectivity index (χ0n) is 10.9. The van der Waals surface area contributed by atoms with Crippen molar-refractivity contribution >= 4 is 21.7 Å². The lowest BCUT2D eigenvalue weighted by Gasteiger charge is -2.35. The summed E-state index contributed by atoms with van der Waals surface area (Å²) < 4.78 is 37.3. The Morgan fingerprint density at radius 2 is 1.85 bits per heavy atom. The first-order valence-electron chi connectivity index (χ1n) is 6.02. The first-order chi connectivity index (χ1) is 9.29. The van der Waals surface area contributed by atoms with Gasteiger partial charge in [-0.1, -0.05) is 0 Å². The minimum atomic E-state index is -3.23. The number of piperazine rings is 1. The number of hydrogen-bond acceptors (Lipinski definition) is 4. The zero-order valence-corrected chi connectivity index (χ0v) is 11.7. The van der Waals surface area contributed by atoms with Crippen LogP contribution in [0.3, 0.4) is 0 Å². The van der Waals surface area contributed by atoms with E-state index in [4.69, 9.17) is 5.11 Å². The molecule has 0 saturated carbocycles. The van der Waals surface area contributed by atoms with Crippen LogP contribution in [-0.2, 0) is 10.0 Å². The molecule has 0 atom stereocenters. The van der Waals surface area contributed by atoms with Gasteiger partial charge in [-0.15, -0.1) is 0 Å². The summed E-state index contributed by atoms with van der Waals surface area (Å²) in [5.74, 6) is -1.81. The molecule has 0 bridgehead atoms. The zero-order chi connectivity index (χ0) is 14.9. The molecule has 1 saturated heterocycles. The second-order valence-corrected chi connectivity index (χ2v) is 6.60. The van der Waals surface area contributed by atoms with E-state index in [1.165, 1.54) is 16.4 Å². The van der Waals surface area contributed by atoms with Crippen molar-refractivity contribution in [3.05, 3.63) is 29.6 Å². The Balaban J connectivity index is 2.21. The number of halogens is 1. The third-order valence-corrected chi connectivity index (χ3v) is 4.54. The van der Waals surface area contributed by atoms with Crippen molar-refractivity contribution in [2.75, 3.05) is 37.3 Å². The molecule has 20 heavy (non-hydrogen) atoms. The van der Waals surface area contributed by atoms with Gasteiger partial charge >= 0.3 is 5.97 Å². The third kappa shape index (κ3) is 3.07. The van der Waals surface area contributed by atoms with Gasteiger partial charge in [-0.2, -0.15) is 4.31 Å². The molecule has 2 rings (SSSR count). The Labute approximate surface area is 116 Å². The van der Waals surface area contributed by atoms with Crippen LogP contribution < -0.4 is 4.90 Å². The molecule has 1 aliphatic rings. The van der Waals surface area contributed by atoms with Crippen LogP contribution in [0.5, 0.6) is 0 Å². The predicted octanol–water partition coefficient (Wildman–Crippen LogP) is 0.605. The van der Waals surface area contributed by atoms with Crippen molar-refractivity contribution in [3.63, 3.8) is 0 Å². The molecular weight excluding hydrogens is 287 g/mol. The maximum Gasteiger partial charge on any atom is 0.337 e. The highest BCUT2D eigenvalue weighted by atomic mass is 32.2. The molecule has 1 aromatic rings. The van der Waals surface area contributed by atoms with Crippen molar-refractivity contribution in [2.45, 2.75) is 0 Å². The summed E-state index contributed by atoms with van der Waals surface area (Å²) in [7, 11) is -3.23. The molecule has 0 aromatic heterocycles. The van der Waals surface area contributed by atoms with E-state index < -0.39 is 21.8 Å². The second-order valence-electron chi connectivity index (χ2n) is 4.62. The Hall–Kier alpha value is -1.67. The van der Waals surface area contributed by atoms with Crippen LogP contribution in [0.25, 0.3) is 0 Å². The van der Waals surface area contributed by atoms with E-state index >= 15 is 0 Å². The van der Waals surface area contributed by atoms with E-state index in [0.717, 1.165) is 12.3 Å². The number of benzene rings is 1.